The van der Waals surface area contributed by atoms with E-state index >= 15 is 0 Å². The van der Waals surface area contributed by atoms with Crippen molar-refractivity contribution in [3.63, 3.8) is 0 Å². The predicted molar refractivity (Wildman–Crippen MR) is 35.8 cm³/mol. The molecule has 0 aromatic carbocycles. The van der Waals surface area contributed by atoms with E-state index in [1.165, 1.54) is 5.19 Å². The molecule has 1 radical (unpaired) electrons. The monoisotopic (exact) mass is 125 g/mol. The molecule has 1 rings (SSSR count). The molecule has 1 aromatic rings. The molecule has 0 atom stereocenters. The first-order chi connectivity index (χ1) is 3.80. The molecule has 0 aliphatic carbocycles. The molecule has 0 saturated heterocycles. The van der Waals surface area contributed by atoms with Gasteiger partial charge in [0.2, 0.25) is 0 Å². The molecule has 0 spiro atoms. The third-order valence-corrected chi connectivity index (χ3v) is 2.54. The second kappa shape index (κ2) is 2.18. The van der Waals surface area contributed by atoms with Crippen molar-refractivity contribution < 1.29 is 4.42 Å². The van der Waals surface area contributed by atoms with Gasteiger partial charge in [-0.25, -0.2) is 0 Å². The Balaban J connectivity index is 2.77. The Kier molecular flexibility index (Phi) is 1.53. The molecular weight excluding hydrogens is 116 g/mol. The zero-order valence-corrected chi connectivity index (χ0v) is 6.14. The van der Waals surface area contributed by atoms with Crippen LogP contribution in [0.1, 0.15) is 0 Å². The van der Waals surface area contributed by atoms with Gasteiger partial charge in [0.15, 0.2) is 0 Å². The smallest absolute Gasteiger partial charge is 0.0901 e. The van der Waals surface area contributed by atoms with E-state index in [4.69, 9.17) is 4.42 Å². The van der Waals surface area contributed by atoms with E-state index in [1.54, 1.807) is 6.26 Å². The van der Waals surface area contributed by atoms with Crippen LogP contribution in [-0.4, -0.2) is 8.80 Å². The van der Waals surface area contributed by atoms with Crippen LogP contribution >= 0.6 is 0 Å². The van der Waals surface area contributed by atoms with E-state index in [0.29, 0.717) is 0 Å². The highest BCUT2D eigenvalue weighted by Crippen LogP contribution is 1.86. The van der Waals surface area contributed by atoms with Crippen LogP contribution < -0.4 is 5.19 Å². The lowest BCUT2D eigenvalue weighted by Crippen LogP contribution is -2.19. The van der Waals surface area contributed by atoms with Crippen LogP contribution in [0.25, 0.3) is 0 Å². The quantitative estimate of drug-likeness (QED) is 0.515. The lowest BCUT2D eigenvalue weighted by atomic mass is 10.7. The molecule has 1 nitrogen and oxygen atoms in total. The Morgan fingerprint density at radius 1 is 1.50 bits per heavy atom. The van der Waals surface area contributed by atoms with E-state index in [2.05, 4.69) is 13.1 Å². The first kappa shape index (κ1) is 5.63. The van der Waals surface area contributed by atoms with Crippen molar-refractivity contribution in [3.8, 4) is 0 Å². The van der Waals surface area contributed by atoms with Crippen LogP contribution in [0.15, 0.2) is 23.0 Å². The Hall–Kier alpha value is -0.503. The van der Waals surface area contributed by atoms with Crippen LogP contribution in [0.4, 0.5) is 0 Å². The minimum atomic E-state index is -0.263. The average molecular weight is 125 g/mol. The number of hydrogen-bond acceptors (Lipinski definition) is 1. The van der Waals surface area contributed by atoms with Gasteiger partial charge in [-0.2, -0.15) is 0 Å². The predicted octanol–water partition coefficient (Wildman–Crippen LogP) is 1.24. The summed E-state index contributed by atoms with van der Waals surface area (Å²) in [5.41, 5.74) is 0. The zero-order chi connectivity index (χ0) is 5.98. The fourth-order valence-electron chi connectivity index (χ4n) is 0.549. The largest absolute Gasteiger partial charge is 0.473 e. The number of hydrogen-bond donors (Lipinski definition) is 0. The van der Waals surface area contributed by atoms with Crippen molar-refractivity contribution >= 4 is 14.0 Å². The van der Waals surface area contributed by atoms with Crippen molar-refractivity contribution in [2.75, 3.05) is 0 Å². The molecule has 0 saturated carbocycles. The van der Waals surface area contributed by atoms with Crippen molar-refractivity contribution in [2.24, 2.45) is 0 Å². The summed E-state index contributed by atoms with van der Waals surface area (Å²) in [5.74, 6) is 0. The van der Waals surface area contributed by atoms with Gasteiger partial charge in [-0.1, -0.05) is 13.1 Å². The van der Waals surface area contributed by atoms with E-state index in [9.17, 15) is 0 Å². The van der Waals surface area contributed by atoms with Crippen molar-refractivity contribution in [1.29, 1.82) is 0 Å². The molecule has 0 amide bonds. The van der Waals surface area contributed by atoms with Gasteiger partial charge >= 0.3 is 0 Å². The fourth-order valence-corrected chi connectivity index (χ4v) is 1.25. The van der Waals surface area contributed by atoms with E-state index in [0.717, 1.165) is 0 Å². The summed E-state index contributed by atoms with van der Waals surface area (Å²) in [5, 5.41) is 1.37. The summed E-state index contributed by atoms with van der Waals surface area (Å²) in [6.07, 6.45) is 3.56. The Morgan fingerprint density at radius 3 is 2.50 bits per heavy atom. The lowest BCUT2D eigenvalue weighted by molar-refractivity contribution is 0.569. The van der Waals surface area contributed by atoms with Crippen molar-refractivity contribution in [3.05, 3.63) is 18.6 Å². The molecule has 0 bridgehead atoms. The van der Waals surface area contributed by atoms with Crippen LogP contribution in [0.3, 0.4) is 0 Å². The highest BCUT2D eigenvalue weighted by Gasteiger charge is 1.99. The minimum Gasteiger partial charge on any atom is -0.473 e. The highest BCUT2D eigenvalue weighted by molar-refractivity contribution is 6.70. The molecule has 1 heterocycles. The van der Waals surface area contributed by atoms with Crippen LogP contribution in [0.5, 0.6) is 0 Å². The molecular formula is C6H9OSi. The van der Waals surface area contributed by atoms with Gasteiger partial charge < -0.3 is 4.42 Å². The van der Waals surface area contributed by atoms with Gasteiger partial charge in [0.05, 0.1) is 21.3 Å². The van der Waals surface area contributed by atoms with E-state index < -0.39 is 0 Å². The van der Waals surface area contributed by atoms with Crippen LogP contribution in [-0.2, 0) is 0 Å². The third kappa shape index (κ3) is 1.01. The second-order valence-electron chi connectivity index (χ2n) is 2.01. The summed E-state index contributed by atoms with van der Waals surface area (Å²) in [6, 6.07) is 2.04. The molecule has 1 aromatic heterocycles. The molecule has 0 aliphatic heterocycles. The van der Waals surface area contributed by atoms with Crippen LogP contribution in [0.2, 0.25) is 13.1 Å². The maximum absolute atomic E-state index is 4.90. The zero-order valence-electron chi connectivity index (χ0n) is 5.14. The maximum atomic E-state index is 4.90. The highest BCUT2D eigenvalue weighted by atomic mass is 28.3. The Morgan fingerprint density at radius 2 is 2.25 bits per heavy atom. The van der Waals surface area contributed by atoms with Crippen molar-refractivity contribution in [2.45, 2.75) is 13.1 Å². The third-order valence-electron chi connectivity index (χ3n) is 1.10. The maximum Gasteiger partial charge on any atom is 0.0901 e. The summed E-state index contributed by atoms with van der Waals surface area (Å²) in [6.45, 7) is 4.49. The van der Waals surface area contributed by atoms with E-state index in [-0.39, 0.29) is 8.80 Å². The van der Waals surface area contributed by atoms with Gasteiger partial charge in [-0.05, 0) is 11.3 Å². The Bertz CT molecular complexity index is 144. The SMILES string of the molecule is C[Si](C)c1ccoc1. The summed E-state index contributed by atoms with van der Waals surface area (Å²) < 4.78 is 4.90. The summed E-state index contributed by atoms with van der Waals surface area (Å²) in [7, 11) is -0.263. The van der Waals surface area contributed by atoms with Gasteiger partial charge in [-0.3, -0.25) is 0 Å². The standard InChI is InChI=1S/C6H9OSi/c1-8(2)6-3-4-7-5-6/h3-5H,1-2H3. The second-order valence-corrected chi connectivity index (χ2v) is 4.59. The normalized spacial score (nSPS) is 10.4. The van der Waals surface area contributed by atoms with E-state index in [1.807, 2.05) is 12.3 Å². The number of furan rings is 1. The minimum absolute atomic E-state index is 0.263. The van der Waals surface area contributed by atoms with Gasteiger partial charge in [0.1, 0.15) is 0 Å². The van der Waals surface area contributed by atoms with Crippen LogP contribution in [0, 0.1) is 0 Å². The van der Waals surface area contributed by atoms with Gasteiger partial charge in [0.25, 0.3) is 0 Å². The van der Waals surface area contributed by atoms with Gasteiger partial charge in [0, 0.05) is 0 Å². The Labute approximate surface area is 50.9 Å². The molecule has 0 N–H and O–H groups in total. The lowest BCUT2D eigenvalue weighted by Gasteiger charge is -1.91. The summed E-state index contributed by atoms with van der Waals surface area (Å²) in [4.78, 5) is 0. The molecule has 43 valence electrons. The topological polar surface area (TPSA) is 13.1 Å². The first-order valence-electron chi connectivity index (χ1n) is 2.63. The average Bonchev–Trinajstić information content (AvgIpc) is 2.12. The first-order valence-corrected chi connectivity index (χ1v) is 5.13. The summed E-state index contributed by atoms with van der Waals surface area (Å²) >= 11 is 0. The molecule has 0 unspecified atom stereocenters. The van der Waals surface area contributed by atoms with Gasteiger partial charge in [-0.15, -0.1) is 0 Å². The van der Waals surface area contributed by atoms with Crippen molar-refractivity contribution in [1.82, 2.24) is 0 Å². The molecule has 0 fully saturated rings. The molecule has 8 heavy (non-hydrogen) atoms. The molecule has 2 heteroatoms. The molecule has 0 aliphatic rings. The fraction of sp³-hybridized carbons (Fsp3) is 0.333. The number of rotatable bonds is 1.